The SMILES string of the molecule is [N-]=[N+]=NC1C(O)[C@@H](Sc2ccc(C(F)(F)F)c(Cl)c2)OC2COC(c3ccccc3)O[C@@H]21. The van der Waals surface area contributed by atoms with Gasteiger partial charge in [-0.15, -0.1) is 0 Å². The molecule has 0 aromatic heterocycles. The van der Waals surface area contributed by atoms with Crippen molar-refractivity contribution >= 4 is 23.4 Å². The van der Waals surface area contributed by atoms with Crippen LogP contribution in [0.4, 0.5) is 13.2 Å². The smallest absolute Gasteiger partial charge is 0.389 e. The fraction of sp³-hybridized carbons (Fsp3) is 0.400. The topological polar surface area (TPSA) is 96.7 Å². The molecule has 4 unspecified atom stereocenters. The zero-order valence-electron chi connectivity index (χ0n) is 16.2. The summed E-state index contributed by atoms with van der Waals surface area (Å²) in [6.45, 7) is 0.110. The molecule has 0 radical (unpaired) electrons. The predicted molar refractivity (Wildman–Crippen MR) is 110 cm³/mol. The first-order chi connectivity index (χ1) is 15.3. The van der Waals surface area contributed by atoms with E-state index in [1.807, 2.05) is 30.3 Å². The van der Waals surface area contributed by atoms with Gasteiger partial charge < -0.3 is 19.3 Å². The number of benzene rings is 2. The summed E-state index contributed by atoms with van der Waals surface area (Å²) in [5.74, 6) is 0. The van der Waals surface area contributed by atoms with Crippen molar-refractivity contribution in [2.75, 3.05) is 6.61 Å². The van der Waals surface area contributed by atoms with Crippen LogP contribution in [0.25, 0.3) is 10.4 Å². The zero-order valence-corrected chi connectivity index (χ0v) is 17.8. The molecule has 2 fully saturated rings. The molecule has 170 valence electrons. The third-order valence-electron chi connectivity index (χ3n) is 5.09. The predicted octanol–water partition coefficient (Wildman–Crippen LogP) is 5.33. The van der Waals surface area contributed by atoms with E-state index >= 15 is 0 Å². The highest BCUT2D eigenvalue weighted by Crippen LogP contribution is 2.42. The Morgan fingerprint density at radius 1 is 1.16 bits per heavy atom. The van der Waals surface area contributed by atoms with Gasteiger partial charge in [0, 0.05) is 15.4 Å². The van der Waals surface area contributed by atoms with Gasteiger partial charge in [0.15, 0.2) is 6.29 Å². The van der Waals surface area contributed by atoms with Gasteiger partial charge in [-0.1, -0.05) is 58.8 Å². The molecule has 32 heavy (non-hydrogen) atoms. The average Bonchev–Trinajstić information content (AvgIpc) is 2.76. The van der Waals surface area contributed by atoms with Crippen molar-refractivity contribution in [2.24, 2.45) is 5.11 Å². The van der Waals surface area contributed by atoms with Crippen LogP contribution in [0, 0.1) is 0 Å². The van der Waals surface area contributed by atoms with Crippen molar-refractivity contribution in [1.82, 2.24) is 0 Å². The van der Waals surface area contributed by atoms with Crippen LogP contribution in [0.1, 0.15) is 17.4 Å². The lowest BCUT2D eigenvalue weighted by atomic mass is 9.97. The van der Waals surface area contributed by atoms with E-state index in [1.165, 1.54) is 6.07 Å². The van der Waals surface area contributed by atoms with Gasteiger partial charge in [-0.2, -0.15) is 13.2 Å². The highest BCUT2D eigenvalue weighted by Gasteiger charge is 2.49. The largest absolute Gasteiger partial charge is 0.417 e. The molecule has 2 aromatic rings. The summed E-state index contributed by atoms with van der Waals surface area (Å²) < 4.78 is 56.5. The van der Waals surface area contributed by atoms with Crippen LogP contribution in [0.5, 0.6) is 0 Å². The van der Waals surface area contributed by atoms with E-state index in [9.17, 15) is 18.3 Å². The monoisotopic (exact) mass is 487 g/mol. The molecule has 0 bridgehead atoms. The van der Waals surface area contributed by atoms with Gasteiger partial charge in [0.25, 0.3) is 0 Å². The fourth-order valence-electron chi connectivity index (χ4n) is 3.58. The lowest BCUT2D eigenvalue weighted by Crippen LogP contribution is -2.60. The van der Waals surface area contributed by atoms with Crippen LogP contribution in [-0.2, 0) is 20.4 Å². The van der Waals surface area contributed by atoms with Crippen molar-refractivity contribution in [2.45, 2.75) is 47.2 Å². The van der Waals surface area contributed by atoms with E-state index in [2.05, 4.69) is 10.0 Å². The number of nitrogens with zero attached hydrogens (tertiary/aromatic N) is 3. The van der Waals surface area contributed by atoms with Gasteiger partial charge in [-0.25, -0.2) is 0 Å². The van der Waals surface area contributed by atoms with E-state index in [1.54, 1.807) is 0 Å². The van der Waals surface area contributed by atoms with Gasteiger partial charge in [0.05, 0.1) is 23.2 Å². The summed E-state index contributed by atoms with van der Waals surface area (Å²) in [5, 5.41) is 14.1. The number of aliphatic hydroxyl groups is 1. The first kappa shape index (κ1) is 23.2. The molecule has 2 aliphatic rings. The van der Waals surface area contributed by atoms with Crippen molar-refractivity contribution in [3.05, 3.63) is 75.1 Å². The van der Waals surface area contributed by atoms with Crippen molar-refractivity contribution < 1.29 is 32.5 Å². The molecule has 2 saturated heterocycles. The number of halogens is 4. The number of rotatable bonds is 4. The molecule has 12 heteroatoms. The quantitative estimate of drug-likeness (QED) is 0.357. The Morgan fingerprint density at radius 3 is 2.56 bits per heavy atom. The van der Waals surface area contributed by atoms with E-state index in [0.29, 0.717) is 4.90 Å². The zero-order chi connectivity index (χ0) is 22.9. The molecule has 6 atom stereocenters. The third-order valence-corrected chi connectivity index (χ3v) is 6.55. The maximum atomic E-state index is 12.9. The minimum absolute atomic E-state index is 0.110. The summed E-state index contributed by atoms with van der Waals surface area (Å²) in [4.78, 5) is 3.18. The van der Waals surface area contributed by atoms with Gasteiger partial charge >= 0.3 is 6.18 Å². The molecule has 1 N–H and O–H groups in total. The minimum Gasteiger partial charge on any atom is -0.389 e. The summed E-state index contributed by atoms with van der Waals surface area (Å²) in [6.07, 6.45) is -8.01. The Kier molecular flexibility index (Phi) is 6.87. The second-order valence-corrected chi connectivity index (χ2v) is 8.74. The standard InChI is InChI=1S/C20H17ClF3N3O4S/c21-13-8-11(6-7-12(13)20(22,23)24)32-19-16(28)15(26-27-25)17-14(30-19)9-29-18(31-17)10-4-2-1-3-5-10/h1-8,14-19,28H,9H2/t14?,15?,16?,17-,18?,19+/m0/s1. The third kappa shape index (κ3) is 4.84. The van der Waals surface area contributed by atoms with E-state index in [4.69, 9.17) is 31.3 Å². The molecular weight excluding hydrogens is 471 g/mol. The molecule has 0 aliphatic carbocycles. The molecule has 0 spiro atoms. The molecule has 7 nitrogen and oxygen atoms in total. The molecule has 4 rings (SSSR count). The number of thioether (sulfide) groups is 1. The number of ether oxygens (including phenoxy) is 3. The number of hydrogen-bond acceptors (Lipinski definition) is 6. The van der Waals surface area contributed by atoms with E-state index in [-0.39, 0.29) is 6.61 Å². The molecule has 2 heterocycles. The Balaban J connectivity index is 1.53. The first-order valence-corrected chi connectivity index (χ1v) is 10.8. The number of aliphatic hydroxyl groups excluding tert-OH is 1. The first-order valence-electron chi connectivity index (χ1n) is 9.51. The Morgan fingerprint density at radius 2 is 1.91 bits per heavy atom. The number of fused-ring (bicyclic) bond motifs is 1. The van der Waals surface area contributed by atoms with Crippen LogP contribution < -0.4 is 0 Å². The van der Waals surface area contributed by atoms with Crippen LogP contribution in [0.15, 0.2) is 58.5 Å². The minimum atomic E-state index is -4.58. The van der Waals surface area contributed by atoms with Crippen LogP contribution in [-0.4, -0.2) is 41.5 Å². The van der Waals surface area contributed by atoms with Crippen molar-refractivity contribution in [3.8, 4) is 0 Å². The second-order valence-electron chi connectivity index (χ2n) is 7.16. The highest BCUT2D eigenvalue weighted by atomic mass is 35.5. The van der Waals surface area contributed by atoms with E-state index < -0.39 is 52.8 Å². The number of azide groups is 1. The maximum absolute atomic E-state index is 12.9. The van der Waals surface area contributed by atoms with Gasteiger partial charge in [0.1, 0.15) is 23.7 Å². The van der Waals surface area contributed by atoms with Gasteiger partial charge in [-0.05, 0) is 23.7 Å². The Hall–Kier alpha value is -1.98. The lowest BCUT2D eigenvalue weighted by molar-refractivity contribution is -0.297. The molecule has 0 amide bonds. The number of hydrogen-bond donors (Lipinski definition) is 1. The van der Waals surface area contributed by atoms with Crippen molar-refractivity contribution in [3.63, 3.8) is 0 Å². The van der Waals surface area contributed by atoms with Crippen molar-refractivity contribution in [1.29, 1.82) is 0 Å². The lowest BCUT2D eigenvalue weighted by Gasteiger charge is -2.46. The van der Waals surface area contributed by atoms with Crippen LogP contribution in [0.2, 0.25) is 5.02 Å². The Bertz CT molecular complexity index is 1010. The summed E-state index contributed by atoms with van der Waals surface area (Å²) >= 11 is 6.76. The van der Waals surface area contributed by atoms with Crippen LogP contribution in [0.3, 0.4) is 0 Å². The summed E-state index contributed by atoms with van der Waals surface area (Å²) in [6, 6.07) is 11.4. The Labute approximate surface area is 190 Å². The average molecular weight is 488 g/mol. The molecule has 0 saturated carbocycles. The maximum Gasteiger partial charge on any atom is 0.417 e. The number of alkyl halides is 3. The second kappa shape index (κ2) is 9.48. The van der Waals surface area contributed by atoms with E-state index in [0.717, 1.165) is 29.5 Å². The molecular formula is C20H17ClF3N3O4S. The summed E-state index contributed by atoms with van der Waals surface area (Å²) in [5.41, 5.74) is 7.88. The van der Waals surface area contributed by atoms with Gasteiger partial charge in [-0.3, -0.25) is 0 Å². The molecule has 2 aliphatic heterocycles. The fourth-order valence-corrected chi connectivity index (χ4v) is 5.03. The normalized spacial score (nSPS) is 30.3. The van der Waals surface area contributed by atoms with Crippen LogP contribution >= 0.6 is 23.4 Å². The highest BCUT2D eigenvalue weighted by molar-refractivity contribution is 7.99. The summed E-state index contributed by atoms with van der Waals surface area (Å²) in [7, 11) is 0. The van der Waals surface area contributed by atoms with Gasteiger partial charge in [0.2, 0.25) is 0 Å². The molecule has 2 aromatic carbocycles.